The molecule has 4 aromatic rings. The van der Waals surface area contributed by atoms with Crippen molar-refractivity contribution in [2.24, 2.45) is 5.92 Å². The maximum absolute atomic E-state index is 13.5. The first-order valence-electron chi connectivity index (χ1n) is 12.0. The summed E-state index contributed by atoms with van der Waals surface area (Å²) < 4.78 is 15.0. The minimum atomic E-state index is -0.540. The SMILES string of the molecule is CC(C)CN(CC(=O)Nc1cc(-c2ccccc2)nn1-c1ccc(F)cc1)C(=O)c1ccc([N+](=O)[O-])cc1. The number of nitro benzene ring substituents is 1. The highest BCUT2D eigenvalue weighted by Gasteiger charge is 2.22. The van der Waals surface area contributed by atoms with E-state index >= 15 is 0 Å². The van der Waals surface area contributed by atoms with Crippen LogP contribution in [0.25, 0.3) is 16.9 Å². The molecule has 4 rings (SSSR count). The largest absolute Gasteiger partial charge is 0.329 e. The fraction of sp³-hybridized carbons (Fsp3) is 0.179. The highest BCUT2D eigenvalue weighted by Crippen LogP contribution is 2.25. The molecule has 0 aliphatic rings. The van der Waals surface area contributed by atoms with E-state index in [4.69, 9.17) is 0 Å². The van der Waals surface area contributed by atoms with Crippen molar-refractivity contribution in [2.45, 2.75) is 13.8 Å². The Balaban J connectivity index is 1.59. The summed E-state index contributed by atoms with van der Waals surface area (Å²) in [7, 11) is 0. The highest BCUT2D eigenvalue weighted by molar-refractivity contribution is 5.99. The zero-order chi connectivity index (χ0) is 27.2. The summed E-state index contributed by atoms with van der Waals surface area (Å²) in [5, 5.41) is 18.4. The van der Waals surface area contributed by atoms with Gasteiger partial charge in [0.1, 0.15) is 18.2 Å². The van der Waals surface area contributed by atoms with E-state index in [1.165, 1.54) is 46.0 Å². The van der Waals surface area contributed by atoms with Gasteiger partial charge in [-0.1, -0.05) is 44.2 Å². The highest BCUT2D eigenvalue weighted by atomic mass is 19.1. The first kappa shape index (κ1) is 26.2. The molecule has 38 heavy (non-hydrogen) atoms. The van der Waals surface area contributed by atoms with Crippen LogP contribution in [0.1, 0.15) is 24.2 Å². The van der Waals surface area contributed by atoms with E-state index < -0.39 is 22.6 Å². The molecular weight excluding hydrogens is 489 g/mol. The number of carbonyl (C=O) groups is 2. The number of rotatable bonds is 9. The van der Waals surface area contributed by atoms with Gasteiger partial charge in [0.05, 0.1) is 16.3 Å². The van der Waals surface area contributed by atoms with Gasteiger partial charge >= 0.3 is 0 Å². The number of carbonyl (C=O) groups excluding carboxylic acids is 2. The van der Waals surface area contributed by atoms with E-state index in [9.17, 15) is 24.1 Å². The Morgan fingerprint density at radius 1 is 1.03 bits per heavy atom. The first-order chi connectivity index (χ1) is 18.2. The maximum atomic E-state index is 13.5. The van der Waals surface area contributed by atoms with Crippen LogP contribution in [-0.4, -0.2) is 44.5 Å². The normalized spacial score (nSPS) is 10.8. The number of nitrogens with one attached hydrogen (secondary N) is 1. The van der Waals surface area contributed by atoms with Crippen LogP contribution in [0.15, 0.2) is 84.9 Å². The molecular formula is C28H26FN5O4. The molecule has 0 aliphatic heterocycles. The average molecular weight is 516 g/mol. The van der Waals surface area contributed by atoms with Crippen LogP contribution >= 0.6 is 0 Å². The molecule has 0 atom stereocenters. The van der Waals surface area contributed by atoms with Crippen LogP contribution < -0.4 is 5.32 Å². The van der Waals surface area contributed by atoms with Gasteiger partial charge in [0, 0.05) is 35.9 Å². The molecule has 194 valence electrons. The number of nitro groups is 1. The summed E-state index contributed by atoms with van der Waals surface area (Å²) >= 11 is 0. The van der Waals surface area contributed by atoms with E-state index in [0.29, 0.717) is 23.7 Å². The van der Waals surface area contributed by atoms with E-state index in [0.717, 1.165) is 5.56 Å². The maximum Gasteiger partial charge on any atom is 0.269 e. The molecule has 10 heteroatoms. The average Bonchev–Trinajstić information content (AvgIpc) is 3.32. The third kappa shape index (κ3) is 6.28. The van der Waals surface area contributed by atoms with Gasteiger partial charge in [0.2, 0.25) is 5.91 Å². The van der Waals surface area contributed by atoms with Crippen LogP contribution in [-0.2, 0) is 4.79 Å². The Morgan fingerprint density at radius 3 is 2.29 bits per heavy atom. The summed E-state index contributed by atoms with van der Waals surface area (Å²) in [6.07, 6.45) is 0. The molecule has 0 radical (unpaired) electrons. The number of anilines is 1. The second kappa shape index (κ2) is 11.5. The number of nitrogens with zero attached hydrogens (tertiary/aromatic N) is 4. The molecule has 0 fully saturated rings. The number of halogens is 1. The van der Waals surface area contributed by atoms with Gasteiger partial charge in [0.15, 0.2) is 0 Å². The van der Waals surface area contributed by atoms with Crippen molar-refractivity contribution in [3.05, 3.63) is 106 Å². The van der Waals surface area contributed by atoms with Crippen molar-refractivity contribution in [2.75, 3.05) is 18.4 Å². The van der Waals surface area contributed by atoms with Crippen molar-refractivity contribution in [1.82, 2.24) is 14.7 Å². The van der Waals surface area contributed by atoms with E-state index in [2.05, 4.69) is 10.4 Å². The second-order valence-corrected chi connectivity index (χ2v) is 9.10. The predicted molar refractivity (Wildman–Crippen MR) is 141 cm³/mol. The minimum absolute atomic E-state index is 0.0687. The fourth-order valence-corrected chi connectivity index (χ4v) is 3.92. The molecule has 1 N–H and O–H groups in total. The fourth-order valence-electron chi connectivity index (χ4n) is 3.92. The van der Waals surface area contributed by atoms with E-state index in [1.807, 2.05) is 44.2 Å². The predicted octanol–water partition coefficient (Wildman–Crippen LogP) is 5.32. The Kier molecular flexibility index (Phi) is 7.91. The molecule has 0 unspecified atom stereocenters. The van der Waals surface area contributed by atoms with Gasteiger partial charge in [-0.3, -0.25) is 19.7 Å². The van der Waals surface area contributed by atoms with Crippen molar-refractivity contribution < 1.29 is 18.9 Å². The van der Waals surface area contributed by atoms with Gasteiger partial charge in [-0.2, -0.15) is 5.10 Å². The quantitative estimate of drug-likeness (QED) is 0.240. The van der Waals surface area contributed by atoms with Crippen LogP contribution in [0.4, 0.5) is 15.9 Å². The van der Waals surface area contributed by atoms with Gasteiger partial charge in [-0.25, -0.2) is 9.07 Å². The number of amides is 2. The van der Waals surface area contributed by atoms with Crippen LogP contribution in [0, 0.1) is 21.8 Å². The Labute approximate surface area is 218 Å². The third-order valence-corrected chi connectivity index (χ3v) is 5.65. The molecule has 2 amide bonds. The Morgan fingerprint density at radius 2 is 1.68 bits per heavy atom. The molecule has 3 aromatic carbocycles. The van der Waals surface area contributed by atoms with Crippen LogP contribution in [0.5, 0.6) is 0 Å². The van der Waals surface area contributed by atoms with Gasteiger partial charge in [0.25, 0.3) is 11.6 Å². The molecule has 1 heterocycles. The molecule has 9 nitrogen and oxygen atoms in total. The van der Waals surface area contributed by atoms with Gasteiger partial charge < -0.3 is 10.2 Å². The Bertz CT molecular complexity index is 1430. The Hall–Kier alpha value is -4.86. The molecule has 1 aromatic heterocycles. The lowest BCUT2D eigenvalue weighted by molar-refractivity contribution is -0.384. The second-order valence-electron chi connectivity index (χ2n) is 9.10. The summed E-state index contributed by atoms with van der Waals surface area (Å²) in [6, 6.07) is 22.1. The van der Waals surface area contributed by atoms with E-state index in [1.54, 1.807) is 18.2 Å². The number of aromatic nitrogens is 2. The summed E-state index contributed by atoms with van der Waals surface area (Å²) in [6.45, 7) is 3.90. The van der Waals surface area contributed by atoms with Gasteiger partial charge in [-0.15, -0.1) is 0 Å². The molecule has 0 saturated heterocycles. The van der Waals surface area contributed by atoms with E-state index in [-0.39, 0.29) is 23.7 Å². The topological polar surface area (TPSA) is 110 Å². The van der Waals surface area contributed by atoms with Crippen LogP contribution in [0.2, 0.25) is 0 Å². The smallest absolute Gasteiger partial charge is 0.269 e. The minimum Gasteiger partial charge on any atom is -0.329 e. The number of benzene rings is 3. The lowest BCUT2D eigenvalue weighted by atomic mass is 10.1. The van der Waals surface area contributed by atoms with Crippen molar-refractivity contribution >= 4 is 23.3 Å². The first-order valence-corrected chi connectivity index (χ1v) is 12.0. The zero-order valence-electron chi connectivity index (χ0n) is 20.9. The number of non-ortho nitro benzene ring substituents is 1. The van der Waals surface area contributed by atoms with Crippen molar-refractivity contribution in [3.8, 4) is 16.9 Å². The van der Waals surface area contributed by atoms with Gasteiger partial charge in [-0.05, 0) is 42.3 Å². The summed E-state index contributed by atoms with van der Waals surface area (Å²) in [5.41, 5.74) is 2.10. The molecule has 0 bridgehead atoms. The van der Waals surface area contributed by atoms with Crippen molar-refractivity contribution in [3.63, 3.8) is 0 Å². The van der Waals surface area contributed by atoms with Crippen molar-refractivity contribution in [1.29, 1.82) is 0 Å². The lowest BCUT2D eigenvalue weighted by Gasteiger charge is -2.24. The summed E-state index contributed by atoms with van der Waals surface area (Å²) in [4.78, 5) is 38.2. The van der Waals surface area contributed by atoms with Crippen LogP contribution in [0.3, 0.4) is 0 Å². The molecule has 0 aliphatic carbocycles. The summed E-state index contributed by atoms with van der Waals surface area (Å²) in [5.74, 6) is -0.847. The third-order valence-electron chi connectivity index (χ3n) is 5.65. The number of hydrogen-bond acceptors (Lipinski definition) is 5. The number of hydrogen-bond donors (Lipinski definition) is 1. The monoisotopic (exact) mass is 515 g/mol. The standard InChI is InChI=1S/C28H26FN5O4/c1-19(2)17-32(28(36)21-8-12-24(13-9-21)34(37)38)18-27(35)30-26-16-25(20-6-4-3-5-7-20)31-33(26)23-14-10-22(29)11-15-23/h3-16,19H,17-18H2,1-2H3,(H,30,35). The lowest BCUT2D eigenvalue weighted by Crippen LogP contribution is -2.40. The molecule has 0 spiro atoms. The molecule has 0 saturated carbocycles. The zero-order valence-corrected chi connectivity index (χ0v) is 20.9.